The van der Waals surface area contributed by atoms with Gasteiger partial charge < -0.3 is 15.1 Å². The van der Waals surface area contributed by atoms with Gasteiger partial charge >= 0.3 is 0 Å². The van der Waals surface area contributed by atoms with Crippen LogP contribution < -0.4 is 5.32 Å². The van der Waals surface area contributed by atoms with E-state index in [0.717, 1.165) is 32.5 Å². The fourth-order valence-electron chi connectivity index (χ4n) is 3.66. The Hall–Kier alpha value is -0.650. The maximum atomic E-state index is 11.8. The third-order valence-corrected chi connectivity index (χ3v) is 5.43. The van der Waals surface area contributed by atoms with Crippen molar-refractivity contribution in [3.05, 3.63) is 0 Å². The summed E-state index contributed by atoms with van der Waals surface area (Å²) in [7, 11) is 2.21. The molecule has 5 heteroatoms. The zero-order chi connectivity index (χ0) is 17.0. The summed E-state index contributed by atoms with van der Waals surface area (Å²) in [5.41, 5.74) is 0.231. The second-order valence-corrected chi connectivity index (χ2v) is 8.32. The lowest BCUT2D eigenvalue weighted by Crippen LogP contribution is -2.59. The molecular formula is C18H36N4O. The van der Waals surface area contributed by atoms with Gasteiger partial charge in [0.2, 0.25) is 5.91 Å². The topological polar surface area (TPSA) is 38.8 Å². The molecule has 2 saturated heterocycles. The van der Waals surface area contributed by atoms with E-state index in [2.05, 4.69) is 40.9 Å². The molecule has 0 radical (unpaired) electrons. The van der Waals surface area contributed by atoms with Crippen molar-refractivity contribution in [3.63, 3.8) is 0 Å². The molecule has 0 unspecified atom stereocenters. The Bertz CT molecular complexity index is 380. The second kappa shape index (κ2) is 7.95. The molecule has 0 atom stereocenters. The summed E-state index contributed by atoms with van der Waals surface area (Å²) in [5.74, 6) is 0.283. The van der Waals surface area contributed by atoms with Crippen LogP contribution in [-0.4, -0.2) is 85.0 Å². The van der Waals surface area contributed by atoms with Crippen LogP contribution in [0.1, 0.15) is 40.5 Å². The summed E-state index contributed by atoms with van der Waals surface area (Å²) >= 11 is 0. The molecule has 1 amide bonds. The number of amides is 1. The Balaban J connectivity index is 1.76. The van der Waals surface area contributed by atoms with Crippen LogP contribution >= 0.6 is 0 Å². The summed E-state index contributed by atoms with van der Waals surface area (Å²) in [6, 6.07) is 0.368. The molecule has 2 aliphatic rings. The lowest BCUT2D eigenvalue weighted by molar-refractivity contribution is -0.125. The van der Waals surface area contributed by atoms with Gasteiger partial charge in [-0.3, -0.25) is 9.69 Å². The number of rotatable bonds is 5. The zero-order valence-electron chi connectivity index (χ0n) is 15.8. The number of hydrogen-bond donors (Lipinski definition) is 1. The minimum Gasteiger partial charge on any atom is -0.353 e. The summed E-state index contributed by atoms with van der Waals surface area (Å²) in [4.78, 5) is 19.4. The van der Waals surface area contributed by atoms with E-state index in [0.29, 0.717) is 6.04 Å². The lowest BCUT2D eigenvalue weighted by Gasteiger charge is -2.46. The summed E-state index contributed by atoms with van der Waals surface area (Å²) in [6.07, 6.45) is 2.16. The van der Waals surface area contributed by atoms with Crippen molar-refractivity contribution in [2.24, 2.45) is 5.92 Å². The fourth-order valence-corrected chi connectivity index (χ4v) is 3.66. The van der Waals surface area contributed by atoms with Crippen LogP contribution in [0.4, 0.5) is 0 Å². The number of piperazine rings is 1. The third kappa shape index (κ3) is 5.44. The summed E-state index contributed by atoms with van der Waals surface area (Å²) in [5, 5.41) is 3.19. The molecule has 2 fully saturated rings. The van der Waals surface area contributed by atoms with E-state index in [1.54, 1.807) is 0 Å². The van der Waals surface area contributed by atoms with Gasteiger partial charge in [0.1, 0.15) is 0 Å². The predicted molar refractivity (Wildman–Crippen MR) is 95.6 cm³/mol. The predicted octanol–water partition coefficient (Wildman–Crippen LogP) is 1.25. The maximum absolute atomic E-state index is 11.8. The molecule has 0 spiro atoms. The normalized spacial score (nSPS) is 23.4. The minimum atomic E-state index is 0.0872. The van der Waals surface area contributed by atoms with Gasteiger partial charge in [-0.15, -0.1) is 0 Å². The summed E-state index contributed by atoms with van der Waals surface area (Å²) < 4.78 is 0. The van der Waals surface area contributed by atoms with Crippen LogP contribution in [0.25, 0.3) is 0 Å². The first kappa shape index (κ1) is 18.7. The SMILES string of the molecule is CC(C)C(=O)NC1CCN(CC(C)(C)N2CCN(C)CC2)CC1. The van der Waals surface area contributed by atoms with Crippen LogP contribution in [0.3, 0.4) is 0 Å². The Morgan fingerprint density at radius 2 is 1.65 bits per heavy atom. The van der Waals surface area contributed by atoms with Crippen molar-refractivity contribution in [2.75, 3.05) is 52.9 Å². The fraction of sp³-hybridized carbons (Fsp3) is 0.944. The van der Waals surface area contributed by atoms with Crippen LogP contribution in [-0.2, 0) is 4.79 Å². The lowest BCUT2D eigenvalue weighted by atomic mass is 9.97. The quantitative estimate of drug-likeness (QED) is 0.826. The van der Waals surface area contributed by atoms with Gasteiger partial charge in [-0.05, 0) is 33.7 Å². The monoisotopic (exact) mass is 324 g/mol. The standard InChI is InChI=1S/C18H36N4O/c1-15(2)17(23)19-16-6-8-21(9-7-16)14-18(3,4)22-12-10-20(5)11-13-22/h15-16H,6-14H2,1-5H3,(H,19,23). The Morgan fingerprint density at radius 3 is 2.17 bits per heavy atom. The Labute approximate surface area is 142 Å². The molecular weight excluding hydrogens is 288 g/mol. The van der Waals surface area contributed by atoms with E-state index in [-0.39, 0.29) is 17.4 Å². The molecule has 2 heterocycles. The highest BCUT2D eigenvalue weighted by Crippen LogP contribution is 2.21. The number of piperidine rings is 1. The highest BCUT2D eigenvalue weighted by molar-refractivity contribution is 5.78. The van der Waals surface area contributed by atoms with Crippen LogP contribution in [0.2, 0.25) is 0 Å². The van der Waals surface area contributed by atoms with Gasteiger partial charge in [0.15, 0.2) is 0 Å². The molecule has 0 aromatic rings. The number of carbonyl (C=O) groups excluding carboxylic acids is 1. The van der Waals surface area contributed by atoms with Gasteiger partial charge in [-0.1, -0.05) is 13.8 Å². The minimum absolute atomic E-state index is 0.0872. The number of likely N-dealkylation sites (N-methyl/N-ethyl adjacent to an activating group) is 1. The Kier molecular flexibility index (Phi) is 6.46. The number of hydrogen-bond acceptors (Lipinski definition) is 4. The van der Waals surface area contributed by atoms with E-state index < -0.39 is 0 Å². The van der Waals surface area contributed by atoms with Gasteiger partial charge in [0, 0.05) is 63.3 Å². The molecule has 5 nitrogen and oxygen atoms in total. The number of carbonyl (C=O) groups is 1. The molecule has 0 aliphatic carbocycles. The van der Waals surface area contributed by atoms with E-state index in [1.807, 2.05) is 13.8 Å². The first-order valence-electron chi connectivity index (χ1n) is 9.24. The number of nitrogens with one attached hydrogen (secondary N) is 1. The molecule has 0 aromatic heterocycles. The van der Waals surface area contributed by atoms with Gasteiger partial charge in [-0.2, -0.15) is 0 Å². The highest BCUT2D eigenvalue weighted by Gasteiger charge is 2.32. The average molecular weight is 325 g/mol. The Morgan fingerprint density at radius 1 is 1.09 bits per heavy atom. The molecule has 0 saturated carbocycles. The largest absolute Gasteiger partial charge is 0.353 e. The van der Waals surface area contributed by atoms with Crippen molar-refractivity contribution >= 4 is 5.91 Å². The van der Waals surface area contributed by atoms with Crippen molar-refractivity contribution < 1.29 is 4.79 Å². The maximum Gasteiger partial charge on any atom is 0.222 e. The first-order chi connectivity index (χ1) is 10.8. The smallest absolute Gasteiger partial charge is 0.222 e. The molecule has 134 valence electrons. The third-order valence-electron chi connectivity index (χ3n) is 5.43. The molecule has 2 aliphatic heterocycles. The van der Waals surface area contributed by atoms with Crippen molar-refractivity contribution in [3.8, 4) is 0 Å². The van der Waals surface area contributed by atoms with E-state index in [4.69, 9.17) is 0 Å². The first-order valence-corrected chi connectivity index (χ1v) is 9.24. The van der Waals surface area contributed by atoms with Crippen LogP contribution in [0.5, 0.6) is 0 Å². The average Bonchev–Trinajstić information content (AvgIpc) is 2.49. The molecule has 0 aromatic carbocycles. The van der Waals surface area contributed by atoms with E-state index in [1.165, 1.54) is 26.2 Å². The van der Waals surface area contributed by atoms with Crippen molar-refractivity contribution in [1.29, 1.82) is 0 Å². The van der Waals surface area contributed by atoms with E-state index in [9.17, 15) is 4.79 Å². The molecule has 2 rings (SSSR count). The highest BCUT2D eigenvalue weighted by atomic mass is 16.1. The molecule has 0 bridgehead atoms. The summed E-state index contributed by atoms with van der Waals surface area (Å²) in [6.45, 7) is 16.7. The van der Waals surface area contributed by atoms with Gasteiger partial charge in [0.25, 0.3) is 0 Å². The van der Waals surface area contributed by atoms with E-state index >= 15 is 0 Å². The van der Waals surface area contributed by atoms with Crippen molar-refractivity contribution in [2.45, 2.75) is 52.1 Å². The molecule has 1 N–H and O–H groups in total. The van der Waals surface area contributed by atoms with Gasteiger partial charge in [-0.25, -0.2) is 0 Å². The number of nitrogens with zero attached hydrogens (tertiary/aromatic N) is 3. The second-order valence-electron chi connectivity index (χ2n) is 8.32. The van der Waals surface area contributed by atoms with Crippen LogP contribution in [0, 0.1) is 5.92 Å². The van der Waals surface area contributed by atoms with Crippen LogP contribution in [0.15, 0.2) is 0 Å². The zero-order valence-corrected chi connectivity index (χ0v) is 15.8. The van der Waals surface area contributed by atoms with Gasteiger partial charge in [0.05, 0.1) is 0 Å². The molecule has 23 heavy (non-hydrogen) atoms. The van der Waals surface area contributed by atoms with Crippen molar-refractivity contribution in [1.82, 2.24) is 20.0 Å². The number of likely N-dealkylation sites (tertiary alicyclic amines) is 1.